The summed E-state index contributed by atoms with van der Waals surface area (Å²) in [4.78, 5) is 8.10. The van der Waals surface area contributed by atoms with Gasteiger partial charge in [0.2, 0.25) is 10.0 Å². The van der Waals surface area contributed by atoms with Crippen molar-refractivity contribution in [2.24, 2.45) is 0 Å². The number of aromatic nitrogens is 2. The van der Waals surface area contributed by atoms with E-state index < -0.39 is 20.0 Å². The fraction of sp³-hybridized carbons (Fsp3) is 0.111. The zero-order valence-electron chi connectivity index (χ0n) is 15.1. The number of sulfonamides is 2. The van der Waals surface area contributed by atoms with Gasteiger partial charge in [-0.3, -0.25) is 9.71 Å². The Labute approximate surface area is 163 Å². The lowest BCUT2D eigenvalue weighted by Gasteiger charge is -2.17. The molecule has 0 unspecified atom stereocenters. The van der Waals surface area contributed by atoms with Crippen LogP contribution in [0.4, 0.5) is 11.5 Å². The normalized spacial score (nSPS) is 11.8. The van der Waals surface area contributed by atoms with Crippen LogP contribution in [0.1, 0.15) is 11.5 Å². The summed E-state index contributed by atoms with van der Waals surface area (Å²) in [6.07, 6.45) is 0. The predicted molar refractivity (Wildman–Crippen MR) is 105 cm³/mol. The number of benzene rings is 2. The maximum absolute atomic E-state index is 12.5. The van der Waals surface area contributed by atoms with Crippen LogP contribution < -0.4 is 4.72 Å². The lowest BCUT2D eigenvalue weighted by Crippen LogP contribution is -2.12. The van der Waals surface area contributed by atoms with E-state index in [0.29, 0.717) is 11.5 Å². The van der Waals surface area contributed by atoms with Crippen molar-refractivity contribution in [3.63, 3.8) is 0 Å². The van der Waals surface area contributed by atoms with E-state index in [9.17, 15) is 16.8 Å². The molecule has 0 fully saturated rings. The summed E-state index contributed by atoms with van der Waals surface area (Å²) in [5.41, 5.74) is 0.837. The summed E-state index contributed by atoms with van der Waals surface area (Å²) in [6.45, 7) is 3.36. The summed E-state index contributed by atoms with van der Waals surface area (Å²) < 4.78 is 55.7. The van der Waals surface area contributed by atoms with E-state index in [-0.39, 0.29) is 21.3 Å². The molecular weight excluding hydrogens is 400 g/mol. The van der Waals surface area contributed by atoms with Crippen LogP contribution in [0.25, 0.3) is 4.72 Å². The Kier molecular flexibility index (Phi) is 5.34. The van der Waals surface area contributed by atoms with E-state index in [1.165, 1.54) is 42.5 Å². The summed E-state index contributed by atoms with van der Waals surface area (Å²) in [5.74, 6) is 0.457. The van der Waals surface area contributed by atoms with E-state index in [2.05, 4.69) is 19.4 Å². The van der Waals surface area contributed by atoms with Gasteiger partial charge in [-0.25, -0.2) is 16.8 Å². The highest BCUT2D eigenvalue weighted by atomic mass is 32.2. The Morgan fingerprint density at radius 1 is 0.821 bits per heavy atom. The van der Waals surface area contributed by atoms with Gasteiger partial charge in [0.1, 0.15) is 0 Å². The molecule has 0 saturated heterocycles. The highest BCUT2D eigenvalue weighted by Gasteiger charge is 2.15. The van der Waals surface area contributed by atoms with Crippen molar-refractivity contribution in [2.45, 2.75) is 23.6 Å². The molecule has 0 aliphatic heterocycles. The maximum atomic E-state index is 12.5. The molecule has 0 spiro atoms. The Bertz CT molecular complexity index is 1170. The predicted octanol–water partition coefficient (Wildman–Crippen LogP) is 3.29. The lowest BCUT2D eigenvalue weighted by molar-refractivity contribution is 0.600. The number of hydrogen-bond donors (Lipinski definition) is 1. The minimum atomic E-state index is -4.00. The lowest BCUT2D eigenvalue weighted by atomic mass is 10.3. The quantitative estimate of drug-likeness (QED) is 0.657. The Morgan fingerprint density at radius 2 is 1.46 bits per heavy atom. The number of anilines is 1. The van der Waals surface area contributed by atoms with Crippen LogP contribution in [0, 0.1) is 13.8 Å². The highest BCUT2D eigenvalue weighted by molar-refractivity contribution is 7.94. The van der Waals surface area contributed by atoms with Gasteiger partial charge < -0.3 is 9.71 Å². The standard InChI is InChI=1S/C18H17N4O4S2/c1-13-12-18(20-14(2)19-13)22-28(25,26)17-10-8-15(9-11-17)21-27(23,24)16-6-4-3-5-7-16/h3-12,21H,1-2H3/q-1. The van der Waals surface area contributed by atoms with E-state index in [1.807, 2.05) is 0 Å². The third-order valence-corrected chi connectivity index (χ3v) is 6.32. The number of hydrogen-bond acceptors (Lipinski definition) is 6. The van der Waals surface area contributed by atoms with Gasteiger partial charge in [0.15, 0.2) is 0 Å². The van der Waals surface area contributed by atoms with Crippen molar-refractivity contribution in [3.05, 3.63) is 76.9 Å². The zero-order valence-corrected chi connectivity index (χ0v) is 16.7. The van der Waals surface area contributed by atoms with Crippen molar-refractivity contribution in [1.82, 2.24) is 9.97 Å². The molecule has 0 saturated carbocycles. The molecular formula is C18H17N4O4S2-. The maximum Gasteiger partial charge on any atom is 0.261 e. The van der Waals surface area contributed by atoms with Gasteiger partial charge in [-0.2, -0.15) is 0 Å². The van der Waals surface area contributed by atoms with Crippen molar-refractivity contribution >= 4 is 31.6 Å². The van der Waals surface area contributed by atoms with Gasteiger partial charge in [0.25, 0.3) is 10.0 Å². The van der Waals surface area contributed by atoms with E-state index in [0.717, 1.165) is 0 Å². The number of rotatable bonds is 6. The summed E-state index contributed by atoms with van der Waals surface area (Å²) in [6, 6.07) is 14.6. The van der Waals surface area contributed by atoms with Crippen LogP contribution >= 0.6 is 0 Å². The molecule has 1 aromatic heterocycles. The van der Waals surface area contributed by atoms with Crippen molar-refractivity contribution in [1.29, 1.82) is 0 Å². The molecule has 0 aliphatic rings. The number of aryl methyl sites for hydroxylation is 2. The van der Waals surface area contributed by atoms with E-state index >= 15 is 0 Å². The topological polar surface area (TPSA) is 120 Å². The molecule has 0 aliphatic carbocycles. The third kappa shape index (κ3) is 4.65. The van der Waals surface area contributed by atoms with E-state index in [4.69, 9.17) is 0 Å². The second-order valence-electron chi connectivity index (χ2n) is 5.92. The second kappa shape index (κ2) is 7.56. The molecule has 3 aromatic rings. The molecule has 28 heavy (non-hydrogen) atoms. The average Bonchev–Trinajstić information content (AvgIpc) is 2.61. The van der Waals surface area contributed by atoms with Gasteiger partial charge in [0.05, 0.1) is 9.79 Å². The highest BCUT2D eigenvalue weighted by Crippen LogP contribution is 2.27. The van der Waals surface area contributed by atoms with Gasteiger partial charge in [-0.1, -0.05) is 18.2 Å². The summed E-state index contributed by atoms with van der Waals surface area (Å²) in [5, 5.41) is 0. The molecule has 3 rings (SSSR count). The molecule has 1 heterocycles. The molecule has 8 nitrogen and oxygen atoms in total. The Morgan fingerprint density at radius 3 is 2.07 bits per heavy atom. The third-order valence-electron chi connectivity index (χ3n) is 3.62. The Hall–Kier alpha value is -2.98. The van der Waals surface area contributed by atoms with Crippen molar-refractivity contribution < 1.29 is 16.8 Å². The first-order chi connectivity index (χ1) is 13.2. The minimum absolute atomic E-state index is 0.0406. The molecule has 0 radical (unpaired) electrons. The molecule has 0 amide bonds. The average molecular weight is 417 g/mol. The molecule has 146 valence electrons. The van der Waals surface area contributed by atoms with Crippen LogP contribution in [0.3, 0.4) is 0 Å². The van der Waals surface area contributed by atoms with E-state index in [1.54, 1.807) is 32.0 Å². The fourth-order valence-corrected chi connectivity index (χ4v) is 4.43. The Balaban J connectivity index is 1.80. The number of nitrogens with one attached hydrogen (secondary N) is 1. The monoisotopic (exact) mass is 417 g/mol. The SMILES string of the molecule is Cc1cc([N-]S(=O)(=O)c2ccc(NS(=O)(=O)c3ccccc3)cc2)nc(C)n1. The molecule has 0 bridgehead atoms. The molecule has 10 heteroatoms. The van der Waals surface area contributed by atoms with Gasteiger partial charge in [-0.15, -0.1) is 0 Å². The first-order valence-electron chi connectivity index (χ1n) is 8.14. The molecule has 0 atom stereocenters. The fourth-order valence-electron chi connectivity index (χ4n) is 2.43. The first kappa shape index (κ1) is 19.8. The minimum Gasteiger partial charge on any atom is -0.423 e. The van der Waals surface area contributed by atoms with Crippen LogP contribution in [-0.4, -0.2) is 26.8 Å². The smallest absolute Gasteiger partial charge is 0.261 e. The first-order valence-corrected chi connectivity index (χ1v) is 11.1. The molecule has 2 aromatic carbocycles. The summed E-state index contributed by atoms with van der Waals surface area (Å²) >= 11 is 0. The van der Waals surface area contributed by atoms with Crippen molar-refractivity contribution in [3.8, 4) is 0 Å². The van der Waals surface area contributed by atoms with Crippen LogP contribution in [0.2, 0.25) is 0 Å². The van der Waals surface area contributed by atoms with Gasteiger partial charge >= 0.3 is 0 Å². The zero-order chi connectivity index (χ0) is 20.4. The molecule has 1 N–H and O–H groups in total. The van der Waals surface area contributed by atoms with Crippen LogP contribution in [0.15, 0.2) is 70.5 Å². The second-order valence-corrected chi connectivity index (χ2v) is 9.21. The van der Waals surface area contributed by atoms with Gasteiger partial charge in [0, 0.05) is 17.2 Å². The van der Waals surface area contributed by atoms with Crippen LogP contribution in [0.5, 0.6) is 0 Å². The summed E-state index contributed by atoms with van der Waals surface area (Å²) in [7, 11) is -7.76. The van der Waals surface area contributed by atoms with Crippen molar-refractivity contribution in [2.75, 3.05) is 4.72 Å². The number of nitrogens with zero attached hydrogens (tertiary/aromatic N) is 3. The van der Waals surface area contributed by atoms with Crippen LogP contribution in [-0.2, 0) is 20.0 Å². The largest absolute Gasteiger partial charge is 0.423 e. The van der Waals surface area contributed by atoms with Gasteiger partial charge in [-0.05, 0) is 62.1 Å².